The fraction of sp³-hybridized carbons (Fsp3) is 0.125. The number of methoxy groups -OCH3 is 1. The minimum Gasteiger partial charge on any atom is -0.496 e. The first-order valence-corrected chi connectivity index (χ1v) is 5.06. The second kappa shape index (κ2) is 3.03. The van der Waals surface area contributed by atoms with E-state index in [1.54, 1.807) is 18.4 Å². The Kier molecular flexibility index (Phi) is 2.02. The smallest absolute Gasteiger partial charge is 0.134 e. The van der Waals surface area contributed by atoms with Crippen LogP contribution in [0.25, 0.3) is 10.2 Å². The monoisotopic (exact) mass is 243 g/mol. The number of ether oxygens (including phenoxy) is 1. The second-order valence-electron chi connectivity index (χ2n) is 2.28. The lowest BCUT2D eigenvalue weighted by Crippen LogP contribution is -1.83. The summed E-state index contributed by atoms with van der Waals surface area (Å²) in [4.78, 5) is 4.19. The Balaban J connectivity index is 2.78. The van der Waals surface area contributed by atoms with E-state index in [9.17, 15) is 0 Å². The Morgan fingerprint density at radius 1 is 1.50 bits per heavy atom. The molecule has 2 rings (SSSR count). The Bertz CT molecular complexity index is 412. The number of hydrogen-bond acceptors (Lipinski definition) is 3. The zero-order valence-electron chi connectivity index (χ0n) is 6.37. The van der Waals surface area contributed by atoms with E-state index in [0.29, 0.717) is 0 Å². The van der Waals surface area contributed by atoms with Gasteiger partial charge in [-0.05, 0) is 28.1 Å². The lowest BCUT2D eigenvalue weighted by atomic mass is 10.3. The topological polar surface area (TPSA) is 22.1 Å². The van der Waals surface area contributed by atoms with Crippen molar-refractivity contribution in [3.05, 3.63) is 22.1 Å². The van der Waals surface area contributed by atoms with Gasteiger partial charge in [-0.2, -0.15) is 0 Å². The third-order valence-electron chi connectivity index (χ3n) is 1.62. The van der Waals surface area contributed by atoms with Gasteiger partial charge in [0.15, 0.2) is 0 Å². The van der Waals surface area contributed by atoms with Gasteiger partial charge in [0, 0.05) is 0 Å². The number of rotatable bonds is 1. The zero-order chi connectivity index (χ0) is 8.55. The van der Waals surface area contributed by atoms with Crippen molar-refractivity contribution in [2.24, 2.45) is 0 Å². The summed E-state index contributed by atoms with van der Waals surface area (Å²) in [5.74, 6) is 0.853. The van der Waals surface area contributed by atoms with Crippen molar-refractivity contribution >= 4 is 37.5 Å². The molecule has 0 amide bonds. The lowest BCUT2D eigenvalue weighted by molar-refractivity contribution is 0.413. The molecule has 0 atom stereocenters. The normalized spacial score (nSPS) is 10.5. The van der Waals surface area contributed by atoms with Crippen LogP contribution in [0.2, 0.25) is 0 Å². The first-order chi connectivity index (χ1) is 5.83. The average molecular weight is 244 g/mol. The minimum absolute atomic E-state index is 0.853. The molecule has 1 aromatic heterocycles. The van der Waals surface area contributed by atoms with Gasteiger partial charge in [0.25, 0.3) is 0 Å². The van der Waals surface area contributed by atoms with Gasteiger partial charge in [-0.1, -0.05) is 0 Å². The highest BCUT2D eigenvalue weighted by Gasteiger charge is 2.06. The molecule has 0 N–H and O–H groups in total. The number of halogens is 1. The molecule has 12 heavy (non-hydrogen) atoms. The molecular weight excluding hydrogens is 238 g/mol. The molecule has 0 spiro atoms. The number of benzene rings is 1. The van der Waals surface area contributed by atoms with E-state index in [0.717, 1.165) is 20.4 Å². The Labute approximate surface area is 82.3 Å². The molecular formula is C8H6BrNOS. The van der Waals surface area contributed by atoms with E-state index in [1.165, 1.54) is 0 Å². The van der Waals surface area contributed by atoms with Crippen molar-refractivity contribution < 1.29 is 4.74 Å². The molecule has 1 aromatic carbocycles. The van der Waals surface area contributed by atoms with Crippen molar-refractivity contribution in [3.63, 3.8) is 0 Å². The van der Waals surface area contributed by atoms with Gasteiger partial charge < -0.3 is 4.74 Å². The second-order valence-corrected chi connectivity index (χ2v) is 3.93. The molecule has 2 nitrogen and oxygen atoms in total. The Hall–Kier alpha value is -0.610. The first kappa shape index (κ1) is 8.01. The van der Waals surface area contributed by atoms with Gasteiger partial charge in [0.1, 0.15) is 5.75 Å². The number of fused-ring (bicyclic) bond motifs is 1. The highest BCUT2D eigenvalue weighted by molar-refractivity contribution is 9.10. The fourth-order valence-corrected chi connectivity index (χ4v) is 2.53. The maximum absolute atomic E-state index is 5.15. The van der Waals surface area contributed by atoms with Crippen LogP contribution in [0, 0.1) is 0 Å². The van der Waals surface area contributed by atoms with Crippen LogP contribution in [-0.4, -0.2) is 12.1 Å². The van der Waals surface area contributed by atoms with Gasteiger partial charge in [0.05, 0.1) is 27.3 Å². The lowest BCUT2D eigenvalue weighted by Gasteiger charge is -2.01. The van der Waals surface area contributed by atoms with Gasteiger partial charge >= 0.3 is 0 Å². The number of aromatic nitrogens is 1. The molecule has 0 saturated carbocycles. The summed E-state index contributed by atoms with van der Waals surface area (Å²) in [5, 5.41) is 0. The highest BCUT2D eigenvalue weighted by Crippen LogP contribution is 2.34. The van der Waals surface area contributed by atoms with Gasteiger partial charge in [-0.3, -0.25) is 0 Å². The standard InChI is InChI=1S/C8H6BrNOS/c1-11-6-3-2-5-8(7(6)9)12-4-10-5/h2-4H,1H3. The molecule has 4 heteroatoms. The van der Waals surface area contributed by atoms with Crippen LogP contribution in [-0.2, 0) is 0 Å². The van der Waals surface area contributed by atoms with Crippen LogP contribution < -0.4 is 4.74 Å². The molecule has 0 fully saturated rings. The van der Waals surface area contributed by atoms with Crippen molar-refractivity contribution in [1.82, 2.24) is 4.98 Å². The van der Waals surface area contributed by atoms with Gasteiger partial charge in [-0.15, -0.1) is 11.3 Å². The summed E-state index contributed by atoms with van der Waals surface area (Å²) in [5.41, 5.74) is 2.84. The molecule has 1 heterocycles. The Morgan fingerprint density at radius 3 is 3.08 bits per heavy atom. The van der Waals surface area contributed by atoms with Crippen LogP contribution in [0.4, 0.5) is 0 Å². The van der Waals surface area contributed by atoms with Crippen LogP contribution in [0.15, 0.2) is 22.1 Å². The summed E-state index contributed by atoms with van der Waals surface area (Å²) in [6.45, 7) is 0. The first-order valence-electron chi connectivity index (χ1n) is 3.38. The quantitative estimate of drug-likeness (QED) is 0.769. The highest BCUT2D eigenvalue weighted by atomic mass is 79.9. The average Bonchev–Trinajstić information content (AvgIpc) is 2.53. The molecule has 0 saturated heterocycles. The largest absolute Gasteiger partial charge is 0.496 e. The van der Waals surface area contributed by atoms with Crippen LogP contribution >= 0.6 is 27.3 Å². The van der Waals surface area contributed by atoms with Crippen molar-refractivity contribution in [2.45, 2.75) is 0 Å². The Morgan fingerprint density at radius 2 is 2.33 bits per heavy atom. The van der Waals surface area contributed by atoms with Crippen LogP contribution in [0.5, 0.6) is 5.75 Å². The third-order valence-corrected chi connectivity index (χ3v) is 3.53. The molecule has 0 aliphatic carbocycles. The number of nitrogens with zero attached hydrogens (tertiary/aromatic N) is 1. The summed E-state index contributed by atoms with van der Waals surface area (Å²) in [6.07, 6.45) is 0. The van der Waals surface area contributed by atoms with E-state index in [1.807, 2.05) is 17.6 Å². The van der Waals surface area contributed by atoms with Crippen molar-refractivity contribution in [3.8, 4) is 5.75 Å². The van der Waals surface area contributed by atoms with Crippen LogP contribution in [0.1, 0.15) is 0 Å². The number of thiazole rings is 1. The minimum atomic E-state index is 0.853. The summed E-state index contributed by atoms with van der Waals surface area (Å²) in [7, 11) is 1.66. The molecule has 2 aromatic rings. The van der Waals surface area contributed by atoms with Gasteiger partial charge in [0.2, 0.25) is 0 Å². The maximum Gasteiger partial charge on any atom is 0.134 e. The van der Waals surface area contributed by atoms with E-state index < -0.39 is 0 Å². The molecule has 0 aliphatic heterocycles. The van der Waals surface area contributed by atoms with E-state index in [-0.39, 0.29) is 0 Å². The van der Waals surface area contributed by atoms with E-state index >= 15 is 0 Å². The van der Waals surface area contributed by atoms with Crippen molar-refractivity contribution in [2.75, 3.05) is 7.11 Å². The summed E-state index contributed by atoms with van der Waals surface area (Å²) < 4.78 is 7.28. The summed E-state index contributed by atoms with van der Waals surface area (Å²) >= 11 is 5.07. The molecule has 0 radical (unpaired) electrons. The van der Waals surface area contributed by atoms with Gasteiger partial charge in [-0.25, -0.2) is 4.98 Å². The molecule has 62 valence electrons. The zero-order valence-corrected chi connectivity index (χ0v) is 8.78. The number of hydrogen-bond donors (Lipinski definition) is 0. The van der Waals surface area contributed by atoms with Crippen LogP contribution in [0.3, 0.4) is 0 Å². The fourth-order valence-electron chi connectivity index (χ4n) is 1.04. The van der Waals surface area contributed by atoms with E-state index in [2.05, 4.69) is 20.9 Å². The molecule has 0 unspecified atom stereocenters. The SMILES string of the molecule is COc1ccc2ncsc2c1Br. The summed E-state index contributed by atoms with van der Waals surface area (Å²) in [6, 6.07) is 3.86. The van der Waals surface area contributed by atoms with Crippen molar-refractivity contribution in [1.29, 1.82) is 0 Å². The predicted molar refractivity (Wildman–Crippen MR) is 53.9 cm³/mol. The van der Waals surface area contributed by atoms with E-state index in [4.69, 9.17) is 4.74 Å². The molecule has 0 aliphatic rings. The molecule has 0 bridgehead atoms. The third kappa shape index (κ3) is 1.11. The predicted octanol–water partition coefficient (Wildman–Crippen LogP) is 3.07. The maximum atomic E-state index is 5.15.